The maximum atomic E-state index is 12.2. The van der Waals surface area contributed by atoms with E-state index in [-0.39, 0.29) is 5.91 Å². The van der Waals surface area contributed by atoms with Crippen LogP contribution in [-0.4, -0.2) is 20.0 Å². The number of hydrogen-bond donors (Lipinski definition) is 1. The maximum Gasteiger partial charge on any atom is 0.252 e. The first-order valence-corrected chi connectivity index (χ1v) is 6.64. The average molecular weight is 279 g/mol. The number of anilines is 1. The summed E-state index contributed by atoms with van der Waals surface area (Å²) < 4.78 is 0. The van der Waals surface area contributed by atoms with E-state index in [4.69, 9.17) is 0 Å². The molecule has 106 valence electrons. The molecule has 1 unspecified atom stereocenters. The first kappa shape index (κ1) is 14.6. The summed E-state index contributed by atoms with van der Waals surface area (Å²) in [6.07, 6.45) is 0. The summed E-state index contributed by atoms with van der Waals surface area (Å²) in [5, 5.41) is 12.0. The highest BCUT2D eigenvalue weighted by atomic mass is 16.1. The summed E-state index contributed by atoms with van der Waals surface area (Å²) in [6.45, 7) is 0. The Bertz CT molecular complexity index is 642. The average Bonchev–Trinajstić information content (AvgIpc) is 2.53. The molecular formula is C17H17N3O. The summed E-state index contributed by atoms with van der Waals surface area (Å²) in [7, 11) is 3.88. The van der Waals surface area contributed by atoms with Crippen molar-refractivity contribution in [2.24, 2.45) is 0 Å². The highest BCUT2D eigenvalue weighted by molar-refractivity contribution is 5.95. The molecule has 2 aromatic rings. The molecule has 0 spiro atoms. The number of rotatable bonds is 4. The van der Waals surface area contributed by atoms with Crippen molar-refractivity contribution in [1.82, 2.24) is 5.32 Å². The second kappa shape index (κ2) is 6.58. The van der Waals surface area contributed by atoms with Gasteiger partial charge in [-0.2, -0.15) is 5.26 Å². The number of benzene rings is 2. The van der Waals surface area contributed by atoms with Crippen LogP contribution in [0.25, 0.3) is 0 Å². The molecule has 21 heavy (non-hydrogen) atoms. The van der Waals surface area contributed by atoms with E-state index in [1.165, 1.54) is 0 Å². The van der Waals surface area contributed by atoms with E-state index in [9.17, 15) is 10.1 Å². The van der Waals surface area contributed by atoms with Gasteiger partial charge in [-0.05, 0) is 29.8 Å². The molecule has 1 N–H and O–H groups in total. The van der Waals surface area contributed by atoms with Crippen molar-refractivity contribution in [2.45, 2.75) is 6.04 Å². The highest BCUT2D eigenvalue weighted by Crippen LogP contribution is 2.15. The fraction of sp³-hybridized carbons (Fsp3) is 0.176. The second-order valence-electron chi connectivity index (χ2n) is 4.89. The molecular weight excluding hydrogens is 262 g/mol. The van der Waals surface area contributed by atoms with E-state index < -0.39 is 6.04 Å². The van der Waals surface area contributed by atoms with E-state index in [2.05, 4.69) is 11.4 Å². The lowest BCUT2D eigenvalue weighted by molar-refractivity contribution is 0.0945. The highest BCUT2D eigenvalue weighted by Gasteiger charge is 2.14. The third-order valence-corrected chi connectivity index (χ3v) is 3.18. The molecule has 4 heteroatoms. The van der Waals surface area contributed by atoms with E-state index in [0.717, 1.165) is 11.3 Å². The molecule has 0 aromatic heterocycles. The van der Waals surface area contributed by atoms with Crippen molar-refractivity contribution < 1.29 is 4.79 Å². The SMILES string of the molecule is CN(C)c1ccc(C(=O)NC(C#N)c2ccccc2)cc1. The molecule has 0 aliphatic rings. The summed E-state index contributed by atoms with van der Waals surface area (Å²) in [6, 6.07) is 17.9. The zero-order valence-electron chi connectivity index (χ0n) is 12.1. The first-order valence-electron chi connectivity index (χ1n) is 6.64. The first-order chi connectivity index (χ1) is 10.1. The van der Waals surface area contributed by atoms with Crippen LogP contribution in [0, 0.1) is 11.3 Å². The zero-order chi connectivity index (χ0) is 15.2. The predicted octanol–water partition coefficient (Wildman–Crippen LogP) is 2.75. The van der Waals surface area contributed by atoms with Gasteiger partial charge >= 0.3 is 0 Å². The summed E-state index contributed by atoms with van der Waals surface area (Å²) in [5.74, 6) is -0.254. The molecule has 0 saturated heterocycles. The van der Waals surface area contributed by atoms with Crippen molar-refractivity contribution >= 4 is 11.6 Å². The maximum absolute atomic E-state index is 12.2. The Hall–Kier alpha value is -2.80. The van der Waals surface area contributed by atoms with Gasteiger partial charge in [0.2, 0.25) is 0 Å². The van der Waals surface area contributed by atoms with E-state index in [1.54, 1.807) is 12.1 Å². The number of nitrogens with one attached hydrogen (secondary N) is 1. The largest absolute Gasteiger partial charge is 0.378 e. The van der Waals surface area contributed by atoms with Gasteiger partial charge in [-0.1, -0.05) is 30.3 Å². The lowest BCUT2D eigenvalue weighted by Gasteiger charge is -2.14. The summed E-state index contributed by atoms with van der Waals surface area (Å²) in [4.78, 5) is 14.2. The monoisotopic (exact) mass is 279 g/mol. The number of hydrogen-bond acceptors (Lipinski definition) is 3. The van der Waals surface area contributed by atoms with Gasteiger partial charge in [-0.25, -0.2) is 0 Å². The van der Waals surface area contributed by atoms with Crippen molar-refractivity contribution in [2.75, 3.05) is 19.0 Å². The lowest BCUT2D eigenvalue weighted by Crippen LogP contribution is -2.27. The molecule has 2 aromatic carbocycles. The number of amides is 1. The molecule has 0 radical (unpaired) electrons. The van der Waals surface area contributed by atoms with Crippen LogP contribution in [-0.2, 0) is 0 Å². The third kappa shape index (κ3) is 3.61. The molecule has 4 nitrogen and oxygen atoms in total. The molecule has 1 atom stereocenters. The predicted molar refractivity (Wildman–Crippen MR) is 83.0 cm³/mol. The van der Waals surface area contributed by atoms with Crippen molar-refractivity contribution in [3.05, 3.63) is 65.7 Å². The van der Waals surface area contributed by atoms with E-state index in [1.807, 2.05) is 61.5 Å². The number of carbonyl (C=O) groups is 1. The van der Waals surface area contributed by atoms with Gasteiger partial charge in [-0.15, -0.1) is 0 Å². The molecule has 0 fully saturated rings. The van der Waals surface area contributed by atoms with Crippen molar-refractivity contribution in [3.63, 3.8) is 0 Å². The Kier molecular flexibility index (Phi) is 4.57. The summed E-state index contributed by atoms with van der Waals surface area (Å²) >= 11 is 0. The Morgan fingerprint density at radius 2 is 1.71 bits per heavy atom. The molecule has 0 aliphatic heterocycles. The molecule has 1 amide bonds. The number of carbonyl (C=O) groups excluding carboxylic acids is 1. The zero-order valence-corrected chi connectivity index (χ0v) is 12.1. The van der Waals surface area contributed by atoms with Crippen LogP contribution in [0.15, 0.2) is 54.6 Å². The summed E-state index contributed by atoms with van der Waals surface area (Å²) in [5.41, 5.74) is 2.33. The van der Waals surface area contributed by atoms with Crippen LogP contribution >= 0.6 is 0 Å². The smallest absolute Gasteiger partial charge is 0.252 e. The van der Waals surface area contributed by atoms with E-state index >= 15 is 0 Å². The Balaban J connectivity index is 2.11. The molecule has 2 rings (SSSR count). The normalized spacial score (nSPS) is 11.3. The van der Waals surface area contributed by atoms with Gasteiger partial charge in [0, 0.05) is 25.3 Å². The van der Waals surface area contributed by atoms with E-state index in [0.29, 0.717) is 5.56 Å². The standard InChI is InChI=1S/C17H17N3O/c1-20(2)15-10-8-14(9-11-15)17(21)19-16(12-18)13-6-4-3-5-7-13/h3-11,16H,1-2H3,(H,19,21). The molecule has 0 bridgehead atoms. The molecule has 0 saturated carbocycles. The topological polar surface area (TPSA) is 56.1 Å². The minimum Gasteiger partial charge on any atom is -0.378 e. The Morgan fingerprint density at radius 3 is 2.24 bits per heavy atom. The fourth-order valence-corrected chi connectivity index (χ4v) is 1.96. The fourth-order valence-electron chi connectivity index (χ4n) is 1.96. The molecule has 0 heterocycles. The van der Waals surface area contributed by atoms with Gasteiger partial charge in [0.25, 0.3) is 5.91 Å². The van der Waals surface area contributed by atoms with Gasteiger partial charge in [0.1, 0.15) is 6.04 Å². The Morgan fingerprint density at radius 1 is 1.10 bits per heavy atom. The van der Waals surface area contributed by atoms with Gasteiger partial charge < -0.3 is 10.2 Å². The second-order valence-corrected chi connectivity index (χ2v) is 4.89. The van der Waals surface area contributed by atoms with Gasteiger partial charge in [0.15, 0.2) is 0 Å². The quantitative estimate of drug-likeness (QED) is 0.936. The lowest BCUT2D eigenvalue weighted by atomic mass is 10.1. The molecule has 0 aliphatic carbocycles. The number of nitriles is 1. The van der Waals surface area contributed by atoms with Gasteiger partial charge in [0.05, 0.1) is 6.07 Å². The van der Waals surface area contributed by atoms with Crippen LogP contribution in [0.2, 0.25) is 0 Å². The van der Waals surface area contributed by atoms with Crippen LogP contribution < -0.4 is 10.2 Å². The van der Waals surface area contributed by atoms with Crippen molar-refractivity contribution in [3.8, 4) is 6.07 Å². The van der Waals surface area contributed by atoms with Crippen LogP contribution in [0.4, 0.5) is 5.69 Å². The number of nitrogens with zero attached hydrogens (tertiary/aromatic N) is 2. The van der Waals surface area contributed by atoms with Crippen LogP contribution in [0.5, 0.6) is 0 Å². The minimum atomic E-state index is -0.646. The van der Waals surface area contributed by atoms with Crippen LogP contribution in [0.1, 0.15) is 22.0 Å². The minimum absolute atomic E-state index is 0.254. The van der Waals surface area contributed by atoms with Crippen LogP contribution in [0.3, 0.4) is 0 Å². The van der Waals surface area contributed by atoms with Gasteiger partial charge in [-0.3, -0.25) is 4.79 Å². The van der Waals surface area contributed by atoms with Crippen molar-refractivity contribution in [1.29, 1.82) is 5.26 Å². The third-order valence-electron chi connectivity index (χ3n) is 3.18. The Labute approximate surface area is 124 Å².